The Morgan fingerprint density at radius 1 is 1.57 bits per heavy atom. The van der Waals surface area contributed by atoms with Gasteiger partial charge in [0, 0.05) is 12.4 Å². The summed E-state index contributed by atoms with van der Waals surface area (Å²) in [7, 11) is 0. The van der Waals surface area contributed by atoms with Crippen LogP contribution in [-0.2, 0) is 6.54 Å². The lowest BCUT2D eigenvalue weighted by Gasteiger charge is -1.99. The number of nitrogens with zero attached hydrogens (tertiary/aromatic N) is 4. The highest BCUT2D eigenvalue weighted by molar-refractivity contribution is 5.62. The van der Waals surface area contributed by atoms with E-state index in [1.807, 2.05) is 0 Å². The van der Waals surface area contributed by atoms with Gasteiger partial charge in [-0.15, -0.1) is 6.42 Å². The third-order valence-electron chi connectivity index (χ3n) is 1.70. The third-order valence-corrected chi connectivity index (χ3v) is 1.70. The van der Waals surface area contributed by atoms with E-state index in [1.165, 1.54) is 0 Å². The predicted molar refractivity (Wildman–Crippen MR) is 48.8 cm³/mol. The summed E-state index contributed by atoms with van der Waals surface area (Å²) in [5.41, 5.74) is 5.93. The van der Waals surface area contributed by atoms with Crippen LogP contribution in [0.5, 0.6) is 0 Å². The van der Waals surface area contributed by atoms with E-state index >= 15 is 0 Å². The Labute approximate surface area is 79.7 Å². The smallest absolute Gasteiger partial charge is 0.199 e. The molecule has 0 saturated heterocycles. The predicted octanol–water partition coefficient (Wildman–Crippen LogP) is 0.148. The van der Waals surface area contributed by atoms with Crippen LogP contribution in [0.15, 0.2) is 17.0 Å². The van der Waals surface area contributed by atoms with Gasteiger partial charge in [-0.1, -0.05) is 5.92 Å². The molecule has 2 rings (SSSR count). The zero-order valence-corrected chi connectivity index (χ0v) is 7.21. The minimum Gasteiger partial charge on any atom is -0.379 e. The number of nitrogens with two attached hydrogens (primary N) is 1. The van der Waals surface area contributed by atoms with E-state index < -0.39 is 0 Å². The van der Waals surface area contributed by atoms with Gasteiger partial charge in [-0.3, -0.25) is 0 Å². The molecule has 2 N–H and O–H groups in total. The van der Waals surface area contributed by atoms with Crippen molar-refractivity contribution in [3.8, 4) is 23.9 Å². The number of hydrogen-bond donors (Lipinski definition) is 1. The Bertz CT molecular complexity index is 478. The SMILES string of the molecule is C#CCn1ccnc1-c1nonc1N. The Morgan fingerprint density at radius 2 is 2.43 bits per heavy atom. The average molecular weight is 189 g/mol. The summed E-state index contributed by atoms with van der Waals surface area (Å²) in [4.78, 5) is 4.06. The summed E-state index contributed by atoms with van der Waals surface area (Å²) in [6, 6.07) is 0. The molecular weight excluding hydrogens is 182 g/mol. The molecular formula is C8H7N5O. The van der Waals surface area contributed by atoms with E-state index in [9.17, 15) is 0 Å². The molecule has 0 aliphatic rings. The van der Waals surface area contributed by atoms with E-state index in [4.69, 9.17) is 12.2 Å². The first-order valence-electron chi connectivity index (χ1n) is 3.86. The van der Waals surface area contributed by atoms with Gasteiger partial charge in [0.2, 0.25) is 0 Å². The quantitative estimate of drug-likeness (QED) is 0.680. The Hall–Kier alpha value is -2.29. The fraction of sp³-hybridized carbons (Fsp3) is 0.125. The molecule has 0 spiro atoms. The highest BCUT2D eigenvalue weighted by atomic mass is 16.6. The molecule has 0 aromatic carbocycles. The second-order valence-corrected chi connectivity index (χ2v) is 2.58. The van der Waals surface area contributed by atoms with Crippen molar-refractivity contribution < 1.29 is 4.63 Å². The van der Waals surface area contributed by atoms with Crippen LogP contribution in [0, 0.1) is 12.3 Å². The van der Waals surface area contributed by atoms with Crippen LogP contribution in [0.25, 0.3) is 11.5 Å². The van der Waals surface area contributed by atoms with Gasteiger partial charge in [0.25, 0.3) is 0 Å². The molecule has 0 fully saturated rings. The summed E-state index contributed by atoms with van der Waals surface area (Å²) in [5, 5.41) is 7.10. The molecule has 2 heterocycles. The van der Waals surface area contributed by atoms with E-state index in [0.29, 0.717) is 18.1 Å². The zero-order chi connectivity index (χ0) is 9.97. The third kappa shape index (κ3) is 1.21. The number of nitrogen functional groups attached to an aromatic ring is 1. The largest absolute Gasteiger partial charge is 0.379 e. The van der Waals surface area contributed by atoms with Crippen LogP contribution < -0.4 is 5.73 Å². The topological polar surface area (TPSA) is 82.8 Å². The number of aromatic nitrogens is 4. The first kappa shape index (κ1) is 8.31. The molecule has 6 heteroatoms. The van der Waals surface area contributed by atoms with Gasteiger partial charge < -0.3 is 10.3 Å². The van der Waals surface area contributed by atoms with Crippen LogP contribution in [0.3, 0.4) is 0 Å². The van der Waals surface area contributed by atoms with Crippen molar-refractivity contribution in [3.63, 3.8) is 0 Å². The zero-order valence-electron chi connectivity index (χ0n) is 7.21. The van der Waals surface area contributed by atoms with Crippen molar-refractivity contribution in [2.45, 2.75) is 6.54 Å². The highest BCUT2D eigenvalue weighted by Crippen LogP contribution is 2.19. The summed E-state index contributed by atoms with van der Waals surface area (Å²) >= 11 is 0. The highest BCUT2D eigenvalue weighted by Gasteiger charge is 2.13. The Kier molecular flexibility index (Phi) is 1.91. The summed E-state index contributed by atoms with van der Waals surface area (Å²) in [6.45, 7) is 0.404. The fourth-order valence-electron chi connectivity index (χ4n) is 1.10. The minimum absolute atomic E-state index is 0.203. The monoisotopic (exact) mass is 189 g/mol. The number of hydrogen-bond acceptors (Lipinski definition) is 5. The van der Waals surface area contributed by atoms with Crippen LogP contribution in [-0.4, -0.2) is 19.9 Å². The molecule has 2 aromatic heterocycles. The van der Waals surface area contributed by atoms with Crippen molar-refractivity contribution in [2.75, 3.05) is 5.73 Å². The fourth-order valence-corrected chi connectivity index (χ4v) is 1.10. The van der Waals surface area contributed by atoms with Crippen molar-refractivity contribution >= 4 is 5.82 Å². The average Bonchev–Trinajstić information content (AvgIpc) is 2.74. The van der Waals surface area contributed by atoms with Gasteiger partial charge in [-0.05, 0) is 10.3 Å². The van der Waals surface area contributed by atoms with Crippen LogP contribution in [0.4, 0.5) is 5.82 Å². The second-order valence-electron chi connectivity index (χ2n) is 2.58. The first-order chi connectivity index (χ1) is 6.83. The Balaban J connectivity index is 2.47. The molecule has 2 aromatic rings. The van der Waals surface area contributed by atoms with Crippen molar-refractivity contribution in [1.82, 2.24) is 19.9 Å². The maximum Gasteiger partial charge on any atom is 0.199 e. The first-order valence-corrected chi connectivity index (χ1v) is 3.86. The molecule has 0 atom stereocenters. The van der Waals surface area contributed by atoms with Crippen LogP contribution >= 0.6 is 0 Å². The summed E-state index contributed by atoms with van der Waals surface area (Å²) < 4.78 is 6.20. The van der Waals surface area contributed by atoms with Gasteiger partial charge >= 0.3 is 0 Å². The summed E-state index contributed by atoms with van der Waals surface area (Å²) in [5.74, 6) is 3.26. The number of imidazole rings is 1. The van der Waals surface area contributed by atoms with E-state index in [-0.39, 0.29) is 5.82 Å². The molecule has 0 unspecified atom stereocenters. The molecule has 0 amide bonds. The van der Waals surface area contributed by atoms with Crippen molar-refractivity contribution in [2.24, 2.45) is 0 Å². The molecule has 0 bridgehead atoms. The molecule has 0 radical (unpaired) electrons. The van der Waals surface area contributed by atoms with Gasteiger partial charge in [-0.2, -0.15) is 0 Å². The molecule has 0 aliphatic carbocycles. The number of terminal acetylenes is 1. The number of anilines is 1. The van der Waals surface area contributed by atoms with Crippen molar-refractivity contribution in [1.29, 1.82) is 0 Å². The second kappa shape index (κ2) is 3.22. The molecule has 0 saturated carbocycles. The van der Waals surface area contributed by atoms with Gasteiger partial charge in [0.1, 0.15) is 0 Å². The maximum absolute atomic E-state index is 5.52. The maximum atomic E-state index is 5.52. The molecule has 6 nitrogen and oxygen atoms in total. The standard InChI is InChI=1S/C8H7N5O/c1-2-4-13-5-3-10-8(13)6-7(9)12-14-11-6/h1,3,5H,4H2,(H2,9,12). The summed E-state index contributed by atoms with van der Waals surface area (Å²) in [6.07, 6.45) is 8.54. The lowest BCUT2D eigenvalue weighted by molar-refractivity contribution is 0.310. The minimum atomic E-state index is 0.203. The van der Waals surface area contributed by atoms with Crippen molar-refractivity contribution in [3.05, 3.63) is 12.4 Å². The molecule has 0 aliphatic heterocycles. The Morgan fingerprint density at radius 3 is 3.07 bits per heavy atom. The van der Waals surface area contributed by atoms with E-state index in [1.54, 1.807) is 17.0 Å². The lowest BCUT2D eigenvalue weighted by atomic mass is 10.4. The molecule has 70 valence electrons. The van der Waals surface area contributed by atoms with Crippen LogP contribution in [0.2, 0.25) is 0 Å². The van der Waals surface area contributed by atoms with Gasteiger partial charge in [-0.25, -0.2) is 9.61 Å². The molecule has 14 heavy (non-hydrogen) atoms. The lowest BCUT2D eigenvalue weighted by Crippen LogP contribution is -1.99. The van der Waals surface area contributed by atoms with Gasteiger partial charge in [0.15, 0.2) is 17.3 Å². The van der Waals surface area contributed by atoms with E-state index in [0.717, 1.165) is 0 Å². The number of rotatable bonds is 2. The van der Waals surface area contributed by atoms with E-state index in [2.05, 4.69) is 25.8 Å². The van der Waals surface area contributed by atoms with Crippen LogP contribution in [0.1, 0.15) is 0 Å². The van der Waals surface area contributed by atoms with Gasteiger partial charge in [0.05, 0.1) is 6.54 Å². The normalized spacial score (nSPS) is 9.93.